The van der Waals surface area contributed by atoms with Crippen molar-refractivity contribution in [1.29, 1.82) is 0 Å². The number of rotatable bonds is 5. The van der Waals surface area contributed by atoms with Gasteiger partial charge in [-0.05, 0) is 42.5 Å². The van der Waals surface area contributed by atoms with Gasteiger partial charge < -0.3 is 15.4 Å². The fourth-order valence-electron chi connectivity index (χ4n) is 4.72. The fourth-order valence-corrected chi connectivity index (χ4v) is 4.92. The molecule has 3 nitrogen and oxygen atoms in total. The predicted molar refractivity (Wildman–Crippen MR) is 107 cm³/mol. The Bertz CT molecular complexity index is 736. The summed E-state index contributed by atoms with van der Waals surface area (Å²) >= 11 is 6.21. The molecule has 1 aliphatic carbocycles. The highest BCUT2D eigenvalue weighted by Crippen LogP contribution is 2.39. The fraction of sp³-hybridized carbons (Fsp3) is 0.455. The van der Waals surface area contributed by atoms with Gasteiger partial charge in [0, 0.05) is 35.3 Å². The molecule has 2 aliphatic rings. The van der Waals surface area contributed by atoms with E-state index in [4.69, 9.17) is 16.3 Å². The summed E-state index contributed by atoms with van der Waals surface area (Å²) in [7, 11) is 1.72. The van der Waals surface area contributed by atoms with Gasteiger partial charge in [0.25, 0.3) is 0 Å². The van der Waals surface area contributed by atoms with Crippen LogP contribution in [-0.4, -0.2) is 19.2 Å². The molecule has 1 saturated carbocycles. The van der Waals surface area contributed by atoms with Gasteiger partial charge in [0.15, 0.2) is 0 Å². The van der Waals surface area contributed by atoms with E-state index in [0.717, 1.165) is 22.9 Å². The maximum absolute atomic E-state index is 6.21. The van der Waals surface area contributed by atoms with Gasteiger partial charge in [-0.3, -0.25) is 0 Å². The van der Waals surface area contributed by atoms with Gasteiger partial charge in [-0.25, -0.2) is 0 Å². The van der Waals surface area contributed by atoms with Crippen LogP contribution in [0, 0.1) is 5.92 Å². The first kappa shape index (κ1) is 17.8. The van der Waals surface area contributed by atoms with E-state index in [1.807, 2.05) is 18.2 Å². The molecule has 0 spiro atoms. The zero-order valence-corrected chi connectivity index (χ0v) is 16.0. The Morgan fingerprint density at radius 1 is 1.12 bits per heavy atom. The SMILES string of the molecule is COc1ccc(Cl)cc1CNC1C(c2ccccc2)NC2CCCCC21. The van der Waals surface area contributed by atoms with Crippen LogP contribution in [0.5, 0.6) is 5.75 Å². The van der Waals surface area contributed by atoms with Gasteiger partial charge in [0.05, 0.1) is 7.11 Å². The van der Waals surface area contributed by atoms with E-state index >= 15 is 0 Å². The van der Waals surface area contributed by atoms with E-state index in [1.54, 1.807) is 7.11 Å². The summed E-state index contributed by atoms with van der Waals surface area (Å²) in [6.07, 6.45) is 5.26. The van der Waals surface area contributed by atoms with E-state index in [2.05, 4.69) is 41.0 Å². The molecule has 138 valence electrons. The molecule has 4 unspecified atom stereocenters. The Morgan fingerprint density at radius 3 is 2.73 bits per heavy atom. The summed E-state index contributed by atoms with van der Waals surface area (Å²) in [4.78, 5) is 0. The van der Waals surface area contributed by atoms with Crippen molar-refractivity contribution in [3.8, 4) is 5.75 Å². The van der Waals surface area contributed by atoms with Crippen LogP contribution in [0.2, 0.25) is 5.02 Å². The molecule has 0 amide bonds. The molecular weight excluding hydrogens is 344 g/mol. The lowest BCUT2D eigenvalue weighted by atomic mass is 9.81. The molecule has 1 saturated heterocycles. The number of hydrogen-bond donors (Lipinski definition) is 2. The Kier molecular flexibility index (Phi) is 5.49. The van der Waals surface area contributed by atoms with Crippen LogP contribution in [-0.2, 0) is 6.54 Å². The molecule has 4 rings (SSSR count). The molecule has 1 heterocycles. The van der Waals surface area contributed by atoms with Crippen LogP contribution in [0.3, 0.4) is 0 Å². The van der Waals surface area contributed by atoms with Crippen molar-refractivity contribution in [2.24, 2.45) is 5.92 Å². The summed E-state index contributed by atoms with van der Waals surface area (Å²) in [5, 5.41) is 8.51. The molecule has 4 heteroatoms. The highest BCUT2D eigenvalue weighted by Gasteiger charge is 2.43. The molecule has 1 aliphatic heterocycles. The lowest BCUT2D eigenvalue weighted by Crippen LogP contribution is -2.39. The van der Waals surface area contributed by atoms with Crippen LogP contribution < -0.4 is 15.4 Å². The largest absolute Gasteiger partial charge is 0.496 e. The van der Waals surface area contributed by atoms with Gasteiger partial charge in [-0.1, -0.05) is 54.8 Å². The molecule has 2 aromatic rings. The zero-order valence-electron chi connectivity index (χ0n) is 15.2. The second-order valence-corrected chi connectivity index (χ2v) is 7.91. The van der Waals surface area contributed by atoms with E-state index in [-0.39, 0.29) is 0 Å². The first-order valence-electron chi connectivity index (χ1n) is 9.63. The van der Waals surface area contributed by atoms with Crippen LogP contribution in [0.25, 0.3) is 0 Å². The summed E-state index contributed by atoms with van der Waals surface area (Å²) in [6.45, 7) is 0.767. The van der Waals surface area contributed by atoms with Crippen molar-refractivity contribution in [1.82, 2.24) is 10.6 Å². The van der Waals surface area contributed by atoms with Crippen LogP contribution in [0.4, 0.5) is 0 Å². The lowest BCUT2D eigenvalue weighted by Gasteiger charge is -2.30. The molecule has 0 aromatic heterocycles. The molecule has 2 fully saturated rings. The number of halogens is 1. The third kappa shape index (κ3) is 3.62. The van der Waals surface area contributed by atoms with Crippen molar-refractivity contribution in [2.75, 3.05) is 7.11 Å². The average Bonchev–Trinajstić information content (AvgIpc) is 3.06. The van der Waals surface area contributed by atoms with Gasteiger partial charge in [0.2, 0.25) is 0 Å². The number of fused-ring (bicyclic) bond motifs is 1. The molecule has 2 aromatic carbocycles. The van der Waals surface area contributed by atoms with Gasteiger partial charge in [-0.15, -0.1) is 0 Å². The van der Waals surface area contributed by atoms with Crippen molar-refractivity contribution in [3.63, 3.8) is 0 Å². The highest BCUT2D eigenvalue weighted by molar-refractivity contribution is 6.30. The second kappa shape index (κ2) is 7.99. The second-order valence-electron chi connectivity index (χ2n) is 7.47. The minimum Gasteiger partial charge on any atom is -0.496 e. The van der Waals surface area contributed by atoms with Gasteiger partial charge in [-0.2, -0.15) is 0 Å². The summed E-state index contributed by atoms with van der Waals surface area (Å²) in [5.41, 5.74) is 2.49. The van der Waals surface area contributed by atoms with Crippen LogP contribution in [0.15, 0.2) is 48.5 Å². The zero-order chi connectivity index (χ0) is 17.9. The van der Waals surface area contributed by atoms with E-state index < -0.39 is 0 Å². The Morgan fingerprint density at radius 2 is 1.92 bits per heavy atom. The molecule has 2 N–H and O–H groups in total. The quantitative estimate of drug-likeness (QED) is 0.799. The first-order valence-corrected chi connectivity index (χ1v) is 10.0. The summed E-state index contributed by atoms with van der Waals surface area (Å²) < 4.78 is 5.52. The van der Waals surface area contributed by atoms with Crippen LogP contribution in [0.1, 0.15) is 42.9 Å². The highest BCUT2D eigenvalue weighted by atomic mass is 35.5. The first-order chi connectivity index (χ1) is 12.8. The topological polar surface area (TPSA) is 33.3 Å². The predicted octanol–water partition coefficient (Wildman–Crippen LogP) is 4.71. The Hall–Kier alpha value is -1.55. The van der Waals surface area contributed by atoms with E-state index in [0.29, 0.717) is 24.0 Å². The van der Waals surface area contributed by atoms with Crippen molar-refractivity contribution in [3.05, 3.63) is 64.7 Å². The molecular formula is C22H27ClN2O. The number of ether oxygens (including phenoxy) is 1. The monoisotopic (exact) mass is 370 g/mol. The van der Waals surface area contributed by atoms with Gasteiger partial charge in [0.1, 0.15) is 5.75 Å². The summed E-state index contributed by atoms with van der Waals surface area (Å²) in [6, 6.07) is 18.1. The smallest absolute Gasteiger partial charge is 0.123 e. The Balaban J connectivity index is 1.56. The van der Waals surface area contributed by atoms with Crippen molar-refractivity contribution < 1.29 is 4.74 Å². The lowest BCUT2D eigenvalue weighted by molar-refractivity contribution is 0.281. The van der Waals surface area contributed by atoms with Gasteiger partial charge >= 0.3 is 0 Å². The third-order valence-corrected chi connectivity index (χ3v) is 6.20. The van der Waals surface area contributed by atoms with E-state index in [1.165, 1.54) is 31.2 Å². The molecule has 0 radical (unpaired) electrons. The standard InChI is InChI=1S/C22H27ClN2O/c1-26-20-12-11-17(23)13-16(20)14-24-22-18-9-5-6-10-19(18)25-21(22)15-7-3-2-4-8-15/h2-4,7-8,11-13,18-19,21-22,24-25H,5-6,9-10,14H2,1H3. The molecule has 26 heavy (non-hydrogen) atoms. The minimum atomic E-state index is 0.356. The normalized spacial score (nSPS) is 27.9. The van der Waals surface area contributed by atoms with E-state index in [9.17, 15) is 0 Å². The van der Waals surface area contributed by atoms with Crippen molar-refractivity contribution >= 4 is 11.6 Å². The number of nitrogens with one attached hydrogen (secondary N) is 2. The maximum atomic E-state index is 6.21. The number of hydrogen-bond acceptors (Lipinski definition) is 3. The minimum absolute atomic E-state index is 0.356. The third-order valence-electron chi connectivity index (χ3n) is 5.96. The van der Waals surface area contributed by atoms with Crippen molar-refractivity contribution in [2.45, 2.75) is 50.4 Å². The Labute approximate surface area is 161 Å². The van der Waals surface area contributed by atoms with Crippen LogP contribution >= 0.6 is 11.6 Å². The molecule has 4 atom stereocenters. The maximum Gasteiger partial charge on any atom is 0.123 e. The number of benzene rings is 2. The average molecular weight is 371 g/mol. The molecule has 0 bridgehead atoms. The number of methoxy groups -OCH3 is 1. The summed E-state index contributed by atoms with van der Waals surface area (Å²) in [5.74, 6) is 1.57.